The van der Waals surface area contributed by atoms with E-state index >= 15 is 0 Å². The molecule has 1 N–H and O–H groups in total. The molecular weight excluding hydrogens is 394 g/mol. The van der Waals surface area contributed by atoms with Gasteiger partial charge >= 0.3 is 5.97 Å². The molecule has 4 nitrogen and oxygen atoms in total. The third-order valence-electron chi connectivity index (χ3n) is 4.60. The van der Waals surface area contributed by atoms with Crippen LogP contribution in [-0.4, -0.2) is 18.5 Å². The fourth-order valence-electron chi connectivity index (χ4n) is 3.28. The Bertz CT molecular complexity index is 996. The van der Waals surface area contributed by atoms with Crippen molar-refractivity contribution in [2.24, 2.45) is 0 Å². The summed E-state index contributed by atoms with van der Waals surface area (Å²) in [6, 6.07) is 23.2. The predicted molar refractivity (Wildman–Crippen MR) is 122 cm³/mol. The van der Waals surface area contributed by atoms with E-state index in [0.717, 1.165) is 32.8 Å². The van der Waals surface area contributed by atoms with Gasteiger partial charge in [-0.15, -0.1) is 11.8 Å². The van der Waals surface area contributed by atoms with Crippen molar-refractivity contribution >= 4 is 29.3 Å². The van der Waals surface area contributed by atoms with Gasteiger partial charge in [-0.05, 0) is 49.6 Å². The average Bonchev–Trinajstić information content (AvgIpc) is 2.74. The van der Waals surface area contributed by atoms with Crippen molar-refractivity contribution < 1.29 is 14.3 Å². The van der Waals surface area contributed by atoms with Gasteiger partial charge in [0.25, 0.3) is 5.91 Å². The average molecular weight is 420 g/mol. The normalized spacial score (nSPS) is 11.6. The number of ether oxygens (including phenoxy) is 1. The van der Waals surface area contributed by atoms with Crippen molar-refractivity contribution in [2.45, 2.75) is 30.9 Å². The number of hydrogen-bond acceptors (Lipinski definition) is 4. The molecule has 3 aromatic rings. The number of nitrogens with one attached hydrogen (secondary N) is 1. The Morgan fingerprint density at radius 2 is 1.47 bits per heavy atom. The zero-order valence-electron chi connectivity index (χ0n) is 17.3. The van der Waals surface area contributed by atoms with Crippen molar-refractivity contribution in [1.29, 1.82) is 0 Å². The summed E-state index contributed by atoms with van der Waals surface area (Å²) < 4.78 is 5.40. The van der Waals surface area contributed by atoms with Crippen LogP contribution in [0.1, 0.15) is 27.5 Å². The maximum Gasteiger partial charge on any atom is 0.324 e. The summed E-state index contributed by atoms with van der Waals surface area (Å²) in [6.45, 7) is 5.58. The summed E-state index contributed by atoms with van der Waals surface area (Å²) in [7, 11) is 0. The molecule has 3 aromatic carbocycles. The van der Waals surface area contributed by atoms with E-state index in [0.29, 0.717) is 0 Å². The number of aryl methyl sites for hydroxylation is 3. The second-order valence-electron chi connectivity index (χ2n) is 7.15. The van der Waals surface area contributed by atoms with E-state index in [9.17, 15) is 9.59 Å². The zero-order valence-corrected chi connectivity index (χ0v) is 18.2. The van der Waals surface area contributed by atoms with E-state index in [1.165, 1.54) is 11.8 Å². The number of carbonyl (C=O) groups excluding carboxylic acids is 2. The molecule has 0 heterocycles. The largest absolute Gasteiger partial charge is 0.454 e. The van der Waals surface area contributed by atoms with Crippen LogP contribution in [0.5, 0.6) is 0 Å². The molecule has 0 saturated heterocycles. The van der Waals surface area contributed by atoms with Crippen LogP contribution in [0.15, 0.2) is 77.7 Å². The fourth-order valence-corrected chi connectivity index (χ4v) is 4.32. The van der Waals surface area contributed by atoms with Crippen LogP contribution in [0.4, 0.5) is 5.69 Å². The first-order valence-electron chi connectivity index (χ1n) is 9.75. The molecule has 0 spiro atoms. The second-order valence-corrected chi connectivity index (χ2v) is 8.33. The number of anilines is 1. The lowest BCUT2D eigenvalue weighted by molar-refractivity contribution is -0.146. The minimum Gasteiger partial charge on any atom is -0.454 e. The lowest BCUT2D eigenvalue weighted by Crippen LogP contribution is -2.24. The molecule has 154 valence electrons. The Hall–Kier alpha value is -3.05. The standard InChI is InChI=1S/C25H25NO3S/c1-17-14-18(2)23(19(3)15-17)26-22(27)16-29-25(28)24(20-10-6-4-7-11-20)30-21-12-8-5-9-13-21/h4-15,24H,16H2,1-3H3,(H,26,27)/t24-/m0/s1. The summed E-state index contributed by atoms with van der Waals surface area (Å²) in [5, 5.41) is 2.31. The van der Waals surface area contributed by atoms with Gasteiger partial charge in [0.15, 0.2) is 6.61 Å². The van der Waals surface area contributed by atoms with E-state index in [1.54, 1.807) is 0 Å². The second kappa shape index (κ2) is 10.1. The van der Waals surface area contributed by atoms with Gasteiger partial charge < -0.3 is 10.1 Å². The zero-order chi connectivity index (χ0) is 21.5. The monoisotopic (exact) mass is 419 g/mol. The summed E-state index contributed by atoms with van der Waals surface area (Å²) in [4.78, 5) is 26.2. The van der Waals surface area contributed by atoms with Gasteiger partial charge in [-0.1, -0.05) is 66.2 Å². The number of amides is 1. The van der Waals surface area contributed by atoms with Crippen LogP contribution in [0, 0.1) is 20.8 Å². The van der Waals surface area contributed by atoms with Crippen LogP contribution in [0.2, 0.25) is 0 Å². The molecule has 0 aliphatic heterocycles. The van der Waals surface area contributed by atoms with Gasteiger partial charge in [0.2, 0.25) is 0 Å². The molecule has 0 aliphatic rings. The molecule has 5 heteroatoms. The Morgan fingerprint density at radius 3 is 2.07 bits per heavy atom. The summed E-state index contributed by atoms with van der Waals surface area (Å²) in [5.74, 6) is -0.794. The first-order chi connectivity index (χ1) is 14.4. The van der Waals surface area contributed by atoms with E-state index in [4.69, 9.17) is 4.74 Å². The summed E-state index contributed by atoms with van der Waals surface area (Å²) in [5.41, 5.74) is 4.70. The Balaban J connectivity index is 1.68. The molecule has 0 fully saturated rings. The molecule has 0 saturated carbocycles. The van der Waals surface area contributed by atoms with E-state index in [2.05, 4.69) is 5.32 Å². The van der Waals surface area contributed by atoms with Crippen molar-refractivity contribution in [3.8, 4) is 0 Å². The van der Waals surface area contributed by atoms with Crippen LogP contribution in [0.3, 0.4) is 0 Å². The Kier molecular flexibility index (Phi) is 7.31. The van der Waals surface area contributed by atoms with Gasteiger partial charge in [0, 0.05) is 10.6 Å². The van der Waals surface area contributed by atoms with E-state index in [-0.39, 0.29) is 12.5 Å². The fraction of sp³-hybridized carbons (Fsp3) is 0.200. The molecule has 0 aliphatic carbocycles. The van der Waals surface area contributed by atoms with Gasteiger partial charge in [-0.3, -0.25) is 9.59 Å². The smallest absolute Gasteiger partial charge is 0.324 e. The molecule has 0 aromatic heterocycles. The third-order valence-corrected chi connectivity index (χ3v) is 5.85. The Morgan fingerprint density at radius 1 is 0.900 bits per heavy atom. The SMILES string of the molecule is Cc1cc(C)c(NC(=O)COC(=O)[C@@H](Sc2ccccc2)c2ccccc2)c(C)c1. The van der Waals surface area contributed by atoms with Crippen LogP contribution in [0.25, 0.3) is 0 Å². The highest BCUT2D eigenvalue weighted by Crippen LogP contribution is 2.36. The topological polar surface area (TPSA) is 55.4 Å². The van der Waals surface area contributed by atoms with Crippen molar-refractivity contribution in [3.63, 3.8) is 0 Å². The van der Waals surface area contributed by atoms with Gasteiger partial charge in [0.1, 0.15) is 5.25 Å². The first kappa shape index (κ1) is 21.7. The number of rotatable bonds is 7. The van der Waals surface area contributed by atoms with Crippen LogP contribution < -0.4 is 5.32 Å². The maximum atomic E-state index is 12.9. The molecular formula is C25H25NO3S. The van der Waals surface area contributed by atoms with Crippen LogP contribution in [-0.2, 0) is 14.3 Å². The minimum absolute atomic E-state index is 0.329. The molecule has 1 amide bonds. The highest BCUT2D eigenvalue weighted by atomic mass is 32.2. The van der Waals surface area contributed by atoms with Crippen LogP contribution >= 0.6 is 11.8 Å². The van der Waals surface area contributed by atoms with E-state index < -0.39 is 11.2 Å². The highest BCUT2D eigenvalue weighted by molar-refractivity contribution is 8.00. The summed E-state index contributed by atoms with van der Waals surface area (Å²) in [6.07, 6.45) is 0. The molecule has 0 radical (unpaired) electrons. The first-order valence-corrected chi connectivity index (χ1v) is 10.6. The maximum absolute atomic E-state index is 12.9. The minimum atomic E-state index is -0.552. The van der Waals surface area contributed by atoms with E-state index in [1.807, 2.05) is 93.6 Å². The van der Waals surface area contributed by atoms with Gasteiger partial charge in [-0.2, -0.15) is 0 Å². The molecule has 1 atom stereocenters. The quantitative estimate of drug-likeness (QED) is 0.398. The Labute approximate surface area is 181 Å². The molecule has 30 heavy (non-hydrogen) atoms. The number of benzene rings is 3. The highest BCUT2D eigenvalue weighted by Gasteiger charge is 2.24. The number of thioether (sulfide) groups is 1. The molecule has 0 unspecified atom stereocenters. The third kappa shape index (κ3) is 5.74. The molecule has 0 bridgehead atoms. The summed E-state index contributed by atoms with van der Waals surface area (Å²) >= 11 is 1.41. The van der Waals surface area contributed by atoms with Crippen molar-refractivity contribution in [2.75, 3.05) is 11.9 Å². The number of esters is 1. The van der Waals surface area contributed by atoms with Crippen molar-refractivity contribution in [1.82, 2.24) is 0 Å². The number of carbonyl (C=O) groups is 2. The number of hydrogen-bond donors (Lipinski definition) is 1. The molecule has 3 rings (SSSR count). The van der Waals surface area contributed by atoms with Gasteiger partial charge in [0.05, 0.1) is 0 Å². The predicted octanol–water partition coefficient (Wildman–Crippen LogP) is 5.63. The lowest BCUT2D eigenvalue weighted by Gasteiger charge is -2.17. The van der Waals surface area contributed by atoms with Gasteiger partial charge in [-0.25, -0.2) is 0 Å². The van der Waals surface area contributed by atoms with Crippen molar-refractivity contribution in [3.05, 3.63) is 95.1 Å². The lowest BCUT2D eigenvalue weighted by atomic mass is 10.1.